The van der Waals surface area contributed by atoms with Crippen molar-refractivity contribution < 1.29 is 14.6 Å². The maximum atomic E-state index is 11.9. The first-order chi connectivity index (χ1) is 8.04. The molecule has 0 spiro atoms. The van der Waals surface area contributed by atoms with E-state index in [0.29, 0.717) is 12.5 Å². The molecular weight excluding hydrogens is 220 g/mol. The number of aliphatic hydroxyl groups is 1. The molecule has 0 saturated carbocycles. The average molecular weight is 244 g/mol. The molecule has 17 heavy (non-hydrogen) atoms. The van der Waals surface area contributed by atoms with Crippen molar-refractivity contribution in [1.82, 2.24) is 10.2 Å². The Bertz CT molecular complexity index is 238. The van der Waals surface area contributed by atoms with Gasteiger partial charge in [0.2, 0.25) is 0 Å². The normalized spacial score (nSPS) is 21.1. The third-order valence-electron chi connectivity index (χ3n) is 3.30. The number of urea groups is 1. The second-order valence-electron chi connectivity index (χ2n) is 4.87. The second-order valence-corrected chi connectivity index (χ2v) is 4.87. The Hall–Kier alpha value is -0.810. The lowest BCUT2D eigenvalue weighted by molar-refractivity contribution is 0.0784. The van der Waals surface area contributed by atoms with Crippen LogP contribution in [0.3, 0.4) is 0 Å². The summed E-state index contributed by atoms with van der Waals surface area (Å²) in [6.45, 7) is 5.71. The molecule has 2 N–H and O–H groups in total. The van der Waals surface area contributed by atoms with E-state index in [0.717, 1.165) is 25.9 Å². The molecule has 0 radical (unpaired) electrons. The van der Waals surface area contributed by atoms with Crippen molar-refractivity contribution in [1.29, 1.82) is 0 Å². The Morgan fingerprint density at radius 1 is 1.47 bits per heavy atom. The third kappa shape index (κ3) is 4.52. The Balaban J connectivity index is 2.30. The number of hydrogen-bond acceptors (Lipinski definition) is 3. The second kappa shape index (κ2) is 6.81. The molecule has 0 unspecified atom stereocenters. The predicted molar refractivity (Wildman–Crippen MR) is 65.8 cm³/mol. The van der Waals surface area contributed by atoms with Crippen LogP contribution in [0, 0.1) is 5.92 Å². The Labute approximate surface area is 103 Å². The number of methoxy groups -OCH3 is 1. The minimum absolute atomic E-state index is 0.0291. The van der Waals surface area contributed by atoms with Crippen LogP contribution in [0.1, 0.15) is 26.7 Å². The molecule has 1 aliphatic heterocycles. The van der Waals surface area contributed by atoms with Gasteiger partial charge < -0.3 is 20.1 Å². The summed E-state index contributed by atoms with van der Waals surface area (Å²) in [7, 11) is 1.62. The molecule has 5 nitrogen and oxygen atoms in total. The Kier molecular flexibility index (Phi) is 5.71. The molecular formula is C12H24N2O3. The first-order valence-corrected chi connectivity index (χ1v) is 6.27. The molecule has 0 aromatic rings. The number of rotatable bonds is 4. The number of aliphatic hydroxyl groups excluding tert-OH is 1. The highest BCUT2D eigenvalue weighted by Gasteiger charge is 2.25. The molecule has 1 fully saturated rings. The zero-order chi connectivity index (χ0) is 12.8. The highest BCUT2D eigenvalue weighted by Crippen LogP contribution is 2.20. The standard InChI is InChI=1S/C12H24N2O3/c1-9(8-17-3)13-12(16)14-6-4-11(5-7-14)10(2)15/h9-11,15H,4-8H2,1-3H3,(H,13,16)/t9-,10+/m0/s1. The van der Waals surface area contributed by atoms with Crippen LogP contribution in [0.2, 0.25) is 0 Å². The van der Waals surface area contributed by atoms with E-state index in [-0.39, 0.29) is 18.2 Å². The number of amides is 2. The van der Waals surface area contributed by atoms with Gasteiger partial charge >= 0.3 is 6.03 Å². The largest absolute Gasteiger partial charge is 0.393 e. The van der Waals surface area contributed by atoms with Gasteiger partial charge in [-0.15, -0.1) is 0 Å². The summed E-state index contributed by atoms with van der Waals surface area (Å²) >= 11 is 0. The minimum Gasteiger partial charge on any atom is -0.393 e. The van der Waals surface area contributed by atoms with E-state index in [1.165, 1.54) is 0 Å². The Morgan fingerprint density at radius 2 is 2.06 bits per heavy atom. The first-order valence-electron chi connectivity index (χ1n) is 6.27. The summed E-state index contributed by atoms with van der Waals surface area (Å²) in [5.41, 5.74) is 0. The van der Waals surface area contributed by atoms with Crippen LogP contribution in [0.4, 0.5) is 4.79 Å². The van der Waals surface area contributed by atoms with Crippen LogP contribution in [0.25, 0.3) is 0 Å². The molecule has 0 aromatic carbocycles. The van der Waals surface area contributed by atoms with E-state index in [1.54, 1.807) is 7.11 Å². The number of nitrogens with one attached hydrogen (secondary N) is 1. The van der Waals surface area contributed by atoms with Gasteiger partial charge in [0.15, 0.2) is 0 Å². The Morgan fingerprint density at radius 3 is 2.53 bits per heavy atom. The first kappa shape index (κ1) is 14.3. The lowest BCUT2D eigenvalue weighted by atomic mass is 9.92. The van der Waals surface area contributed by atoms with Gasteiger partial charge in [-0.3, -0.25) is 0 Å². The fourth-order valence-corrected chi connectivity index (χ4v) is 2.18. The van der Waals surface area contributed by atoms with Gasteiger partial charge in [0.25, 0.3) is 0 Å². The van der Waals surface area contributed by atoms with E-state index < -0.39 is 0 Å². The molecule has 1 heterocycles. The van der Waals surface area contributed by atoms with E-state index >= 15 is 0 Å². The molecule has 1 aliphatic rings. The monoisotopic (exact) mass is 244 g/mol. The van der Waals surface area contributed by atoms with Crippen LogP contribution < -0.4 is 5.32 Å². The van der Waals surface area contributed by atoms with E-state index in [4.69, 9.17) is 4.74 Å². The van der Waals surface area contributed by atoms with Crippen LogP contribution in [0.5, 0.6) is 0 Å². The molecule has 0 aliphatic carbocycles. The van der Waals surface area contributed by atoms with Gasteiger partial charge in [0.05, 0.1) is 18.8 Å². The van der Waals surface area contributed by atoms with Crippen molar-refractivity contribution in [3.8, 4) is 0 Å². The molecule has 0 aromatic heterocycles. The highest BCUT2D eigenvalue weighted by atomic mass is 16.5. The lowest BCUT2D eigenvalue weighted by Gasteiger charge is -2.33. The van der Waals surface area contributed by atoms with Gasteiger partial charge in [-0.1, -0.05) is 0 Å². The maximum Gasteiger partial charge on any atom is 0.317 e. The topological polar surface area (TPSA) is 61.8 Å². The van der Waals surface area contributed by atoms with Crippen molar-refractivity contribution in [3.63, 3.8) is 0 Å². The summed E-state index contributed by atoms with van der Waals surface area (Å²) in [6.07, 6.45) is 1.49. The smallest absolute Gasteiger partial charge is 0.317 e. The van der Waals surface area contributed by atoms with Crippen molar-refractivity contribution >= 4 is 6.03 Å². The number of ether oxygens (including phenoxy) is 1. The molecule has 2 atom stereocenters. The summed E-state index contributed by atoms with van der Waals surface area (Å²) in [5.74, 6) is 0.329. The quantitative estimate of drug-likeness (QED) is 0.770. The van der Waals surface area contributed by atoms with Crippen LogP contribution >= 0.6 is 0 Å². The van der Waals surface area contributed by atoms with E-state index in [2.05, 4.69) is 5.32 Å². The van der Waals surface area contributed by atoms with Gasteiger partial charge in [-0.2, -0.15) is 0 Å². The fourth-order valence-electron chi connectivity index (χ4n) is 2.18. The molecule has 2 amide bonds. The highest BCUT2D eigenvalue weighted by molar-refractivity contribution is 5.74. The predicted octanol–water partition coefficient (Wildman–Crippen LogP) is 0.824. The van der Waals surface area contributed by atoms with E-state index in [9.17, 15) is 9.90 Å². The molecule has 0 bridgehead atoms. The summed E-state index contributed by atoms with van der Waals surface area (Å²) in [6, 6.07) is 0.000539. The molecule has 5 heteroatoms. The van der Waals surface area contributed by atoms with Gasteiger partial charge in [-0.05, 0) is 32.6 Å². The molecule has 100 valence electrons. The van der Waals surface area contributed by atoms with Crippen molar-refractivity contribution in [2.24, 2.45) is 5.92 Å². The maximum absolute atomic E-state index is 11.9. The number of likely N-dealkylation sites (tertiary alicyclic amines) is 1. The van der Waals surface area contributed by atoms with Crippen molar-refractivity contribution in [2.45, 2.75) is 38.8 Å². The molecule has 1 saturated heterocycles. The van der Waals surface area contributed by atoms with Gasteiger partial charge in [0, 0.05) is 20.2 Å². The number of carbonyl (C=O) groups excluding carboxylic acids is 1. The van der Waals surface area contributed by atoms with Crippen LogP contribution in [-0.2, 0) is 4.74 Å². The number of piperidine rings is 1. The fraction of sp³-hybridized carbons (Fsp3) is 0.917. The summed E-state index contributed by atoms with van der Waals surface area (Å²) < 4.78 is 4.97. The lowest BCUT2D eigenvalue weighted by Crippen LogP contribution is -2.49. The number of hydrogen-bond donors (Lipinski definition) is 2. The van der Waals surface area contributed by atoms with Gasteiger partial charge in [0.1, 0.15) is 0 Å². The third-order valence-corrected chi connectivity index (χ3v) is 3.30. The van der Waals surface area contributed by atoms with Gasteiger partial charge in [-0.25, -0.2) is 4.79 Å². The summed E-state index contributed by atoms with van der Waals surface area (Å²) in [4.78, 5) is 13.7. The van der Waals surface area contributed by atoms with Crippen LogP contribution in [-0.4, -0.2) is 55.0 Å². The zero-order valence-electron chi connectivity index (χ0n) is 11.0. The number of carbonyl (C=O) groups is 1. The molecule has 1 rings (SSSR count). The number of nitrogens with zero attached hydrogens (tertiary/aromatic N) is 1. The minimum atomic E-state index is -0.271. The van der Waals surface area contributed by atoms with Crippen LogP contribution in [0.15, 0.2) is 0 Å². The van der Waals surface area contributed by atoms with Crippen molar-refractivity contribution in [3.05, 3.63) is 0 Å². The van der Waals surface area contributed by atoms with Crippen molar-refractivity contribution in [2.75, 3.05) is 26.8 Å². The summed E-state index contributed by atoms with van der Waals surface area (Å²) in [5, 5.41) is 12.4. The average Bonchev–Trinajstić information content (AvgIpc) is 2.29. The SMILES string of the molecule is COC[C@H](C)NC(=O)N1CCC([C@@H](C)O)CC1. The zero-order valence-corrected chi connectivity index (χ0v) is 11.0. The van der Waals surface area contributed by atoms with E-state index in [1.807, 2.05) is 18.7 Å².